The molecule has 1 amide bonds. The van der Waals surface area contributed by atoms with E-state index in [0.29, 0.717) is 0 Å². The van der Waals surface area contributed by atoms with Gasteiger partial charge in [0.05, 0.1) is 11.3 Å². The summed E-state index contributed by atoms with van der Waals surface area (Å²) >= 11 is 1.70. The van der Waals surface area contributed by atoms with Gasteiger partial charge < -0.3 is 5.32 Å². The van der Waals surface area contributed by atoms with Crippen LogP contribution in [0.4, 0.5) is 0 Å². The zero-order valence-electron chi connectivity index (χ0n) is 14.6. The minimum atomic E-state index is 0.0628. The third-order valence-electron chi connectivity index (χ3n) is 4.37. The molecule has 24 heavy (non-hydrogen) atoms. The number of pyridine rings is 1. The van der Waals surface area contributed by atoms with Crippen molar-refractivity contribution in [3.8, 4) is 0 Å². The second-order valence-electron chi connectivity index (χ2n) is 6.65. The normalized spacial score (nSPS) is 14.7. The molecule has 0 saturated carbocycles. The number of aryl methyl sites for hydroxylation is 1. The predicted octanol–water partition coefficient (Wildman–Crippen LogP) is 3.40. The van der Waals surface area contributed by atoms with Crippen LogP contribution >= 0.6 is 11.3 Å². The molecule has 0 unspecified atom stereocenters. The van der Waals surface area contributed by atoms with Gasteiger partial charge in [0, 0.05) is 42.1 Å². The molecule has 2 aromatic heterocycles. The molecule has 0 saturated heterocycles. The Labute approximate surface area is 147 Å². The molecule has 0 aliphatic carbocycles. The van der Waals surface area contributed by atoms with E-state index in [4.69, 9.17) is 0 Å². The molecule has 0 aromatic carbocycles. The van der Waals surface area contributed by atoms with E-state index < -0.39 is 0 Å². The molecule has 128 valence electrons. The summed E-state index contributed by atoms with van der Waals surface area (Å²) in [6.07, 6.45) is 3.94. The van der Waals surface area contributed by atoms with Gasteiger partial charge in [0.25, 0.3) is 5.91 Å². The number of aromatic nitrogens is 1. The fraction of sp³-hybridized carbons (Fsp3) is 0.474. The van der Waals surface area contributed by atoms with E-state index in [1.165, 1.54) is 16.0 Å². The largest absolute Gasteiger partial charge is 0.350 e. The van der Waals surface area contributed by atoms with Crippen LogP contribution in [0.3, 0.4) is 0 Å². The molecular weight excluding hydrogens is 318 g/mol. The number of nitrogens with zero attached hydrogens (tertiary/aromatic N) is 2. The summed E-state index contributed by atoms with van der Waals surface area (Å²) in [6, 6.07) is 4.46. The summed E-state index contributed by atoms with van der Waals surface area (Å²) < 4.78 is 0. The van der Waals surface area contributed by atoms with Crippen molar-refractivity contribution in [1.82, 2.24) is 15.2 Å². The SMILES string of the molecule is CCc1ccc(CN2CCc3c(C(=O)NC(C)C)csc3C2)nc1. The molecule has 0 atom stereocenters. The molecule has 1 aliphatic rings. The first kappa shape index (κ1) is 17.1. The first-order valence-corrected chi connectivity index (χ1v) is 9.51. The van der Waals surface area contributed by atoms with Gasteiger partial charge in [0.2, 0.25) is 0 Å². The van der Waals surface area contributed by atoms with Crippen molar-refractivity contribution >= 4 is 17.2 Å². The van der Waals surface area contributed by atoms with Gasteiger partial charge in [-0.1, -0.05) is 13.0 Å². The molecule has 4 nitrogen and oxygen atoms in total. The Morgan fingerprint density at radius 2 is 2.25 bits per heavy atom. The Kier molecular flexibility index (Phi) is 5.31. The van der Waals surface area contributed by atoms with Crippen LogP contribution in [0.1, 0.15) is 52.8 Å². The maximum Gasteiger partial charge on any atom is 0.252 e. The lowest BCUT2D eigenvalue weighted by molar-refractivity contribution is 0.0942. The second kappa shape index (κ2) is 7.45. The zero-order valence-corrected chi connectivity index (χ0v) is 15.4. The summed E-state index contributed by atoms with van der Waals surface area (Å²) in [5.41, 5.74) is 4.50. The maximum absolute atomic E-state index is 12.3. The van der Waals surface area contributed by atoms with Crippen LogP contribution in [-0.4, -0.2) is 28.4 Å². The lowest BCUT2D eigenvalue weighted by Gasteiger charge is -2.27. The van der Waals surface area contributed by atoms with Crippen LogP contribution in [-0.2, 0) is 25.9 Å². The summed E-state index contributed by atoms with van der Waals surface area (Å²) in [7, 11) is 0. The van der Waals surface area contributed by atoms with Gasteiger partial charge >= 0.3 is 0 Å². The molecule has 1 N–H and O–H groups in total. The number of hydrogen-bond donors (Lipinski definition) is 1. The highest BCUT2D eigenvalue weighted by molar-refractivity contribution is 7.10. The van der Waals surface area contributed by atoms with E-state index in [1.807, 2.05) is 25.4 Å². The average Bonchev–Trinajstić information content (AvgIpc) is 2.98. The van der Waals surface area contributed by atoms with Crippen molar-refractivity contribution < 1.29 is 4.79 Å². The van der Waals surface area contributed by atoms with Crippen molar-refractivity contribution in [2.45, 2.75) is 52.7 Å². The van der Waals surface area contributed by atoms with E-state index in [2.05, 4.69) is 34.3 Å². The molecule has 0 radical (unpaired) electrons. The fourth-order valence-electron chi connectivity index (χ4n) is 3.03. The van der Waals surface area contributed by atoms with Crippen LogP contribution in [0.25, 0.3) is 0 Å². The number of amides is 1. The highest BCUT2D eigenvalue weighted by Crippen LogP contribution is 2.29. The molecule has 0 fully saturated rings. The van der Waals surface area contributed by atoms with E-state index in [9.17, 15) is 4.79 Å². The monoisotopic (exact) mass is 343 g/mol. The molecule has 0 bridgehead atoms. The van der Waals surface area contributed by atoms with Crippen LogP contribution < -0.4 is 5.32 Å². The number of thiophene rings is 1. The van der Waals surface area contributed by atoms with Gasteiger partial charge in [0.1, 0.15) is 0 Å². The Morgan fingerprint density at radius 1 is 1.42 bits per heavy atom. The zero-order chi connectivity index (χ0) is 17.1. The van der Waals surface area contributed by atoms with Crippen LogP contribution in [0.5, 0.6) is 0 Å². The minimum Gasteiger partial charge on any atom is -0.350 e. The number of carbonyl (C=O) groups excluding carboxylic acids is 1. The molecule has 0 spiro atoms. The summed E-state index contributed by atoms with van der Waals surface area (Å²) in [5, 5.41) is 5.02. The van der Waals surface area contributed by atoms with Gasteiger partial charge in [-0.05, 0) is 43.9 Å². The first-order valence-electron chi connectivity index (χ1n) is 8.63. The molecule has 3 heterocycles. The van der Waals surface area contributed by atoms with Crippen molar-refractivity contribution in [3.05, 3.63) is 51.0 Å². The standard InChI is InChI=1S/C19H25N3OS/c1-4-14-5-6-15(20-9-14)10-22-8-7-16-17(12-24-18(16)11-22)19(23)21-13(2)3/h5-6,9,12-13H,4,7-8,10-11H2,1-3H3,(H,21,23). The Bertz CT molecular complexity index is 706. The molecule has 5 heteroatoms. The van der Waals surface area contributed by atoms with Crippen LogP contribution in [0, 0.1) is 0 Å². The molecule has 3 rings (SSSR count). The number of rotatable bonds is 5. The van der Waals surface area contributed by atoms with E-state index in [1.54, 1.807) is 11.3 Å². The second-order valence-corrected chi connectivity index (χ2v) is 7.62. The van der Waals surface area contributed by atoms with Crippen molar-refractivity contribution in [2.75, 3.05) is 6.54 Å². The fourth-order valence-corrected chi connectivity index (χ4v) is 4.15. The highest BCUT2D eigenvalue weighted by atomic mass is 32.1. The maximum atomic E-state index is 12.3. The first-order chi connectivity index (χ1) is 11.6. The summed E-state index contributed by atoms with van der Waals surface area (Å²) in [6.45, 7) is 8.89. The van der Waals surface area contributed by atoms with Gasteiger partial charge in [-0.2, -0.15) is 0 Å². The lowest BCUT2D eigenvalue weighted by atomic mass is 10.0. The Morgan fingerprint density at radius 3 is 2.92 bits per heavy atom. The average molecular weight is 343 g/mol. The van der Waals surface area contributed by atoms with E-state index in [0.717, 1.165) is 43.7 Å². The van der Waals surface area contributed by atoms with Gasteiger partial charge in [-0.25, -0.2) is 0 Å². The van der Waals surface area contributed by atoms with Crippen molar-refractivity contribution in [2.24, 2.45) is 0 Å². The number of nitrogens with one attached hydrogen (secondary N) is 1. The topological polar surface area (TPSA) is 45.2 Å². The summed E-state index contributed by atoms with van der Waals surface area (Å²) in [5.74, 6) is 0.0628. The Balaban J connectivity index is 1.66. The molecule has 1 aliphatic heterocycles. The van der Waals surface area contributed by atoms with Gasteiger partial charge in [-0.3, -0.25) is 14.7 Å². The number of carbonyl (C=O) groups is 1. The number of fused-ring (bicyclic) bond motifs is 1. The van der Waals surface area contributed by atoms with Gasteiger partial charge in [0.15, 0.2) is 0 Å². The van der Waals surface area contributed by atoms with Crippen LogP contribution in [0.15, 0.2) is 23.7 Å². The van der Waals surface area contributed by atoms with Gasteiger partial charge in [-0.15, -0.1) is 11.3 Å². The predicted molar refractivity (Wildman–Crippen MR) is 98.4 cm³/mol. The van der Waals surface area contributed by atoms with Crippen molar-refractivity contribution in [3.63, 3.8) is 0 Å². The third kappa shape index (κ3) is 3.84. The van der Waals surface area contributed by atoms with Crippen LogP contribution in [0.2, 0.25) is 0 Å². The quantitative estimate of drug-likeness (QED) is 0.905. The van der Waals surface area contributed by atoms with E-state index in [-0.39, 0.29) is 11.9 Å². The Hall–Kier alpha value is -1.72. The third-order valence-corrected chi connectivity index (χ3v) is 5.38. The number of hydrogen-bond acceptors (Lipinski definition) is 4. The lowest BCUT2D eigenvalue weighted by Crippen LogP contribution is -2.33. The highest BCUT2D eigenvalue weighted by Gasteiger charge is 2.24. The smallest absolute Gasteiger partial charge is 0.252 e. The molecule has 2 aromatic rings. The summed E-state index contributed by atoms with van der Waals surface area (Å²) in [4.78, 5) is 20.6. The van der Waals surface area contributed by atoms with E-state index >= 15 is 0 Å². The van der Waals surface area contributed by atoms with Crippen molar-refractivity contribution in [1.29, 1.82) is 0 Å². The minimum absolute atomic E-state index is 0.0628. The molecular formula is C19H25N3OS.